The summed E-state index contributed by atoms with van der Waals surface area (Å²) in [5.41, 5.74) is 12.8. The Kier molecular flexibility index (Phi) is 4.50. The van der Waals surface area contributed by atoms with Gasteiger partial charge < -0.3 is 11.5 Å². The molecule has 3 atom stereocenters. The van der Waals surface area contributed by atoms with E-state index in [-0.39, 0.29) is 23.9 Å². The number of nitrogens with two attached hydrogens (primary N) is 2. The highest BCUT2D eigenvalue weighted by Crippen LogP contribution is 2.30. The second-order valence-electron chi connectivity index (χ2n) is 5.19. The van der Waals surface area contributed by atoms with Crippen LogP contribution in [0.5, 0.6) is 0 Å². The molecule has 5 nitrogen and oxygen atoms in total. The van der Waals surface area contributed by atoms with Crippen molar-refractivity contribution in [3.63, 3.8) is 0 Å². The number of pyridine rings is 1. The Morgan fingerprint density at radius 2 is 2.42 bits per heavy atom. The van der Waals surface area contributed by atoms with Crippen molar-refractivity contribution in [3.05, 3.63) is 30.1 Å². The van der Waals surface area contributed by atoms with Crippen LogP contribution in [-0.4, -0.2) is 34.9 Å². The third kappa shape index (κ3) is 3.11. The maximum atomic E-state index is 11.3. The number of primary amides is 1. The smallest absolute Gasteiger partial charge is 0.221 e. The van der Waals surface area contributed by atoms with Crippen LogP contribution in [0, 0.1) is 5.92 Å². The van der Waals surface area contributed by atoms with Gasteiger partial charge in [-0.25, -0.2) is 0 Å². The molecule has 0 bridgehead atoms. The maximum Gasteiger partial charge on any atom is 0.221 e. The molecule has 1 fully saturated rings. The van der Waals surface area contributed by atoms with E-state index in [9.17, 15) is 4.79 Å². The van der Waals surface area contributed by atoms with Crippen molar-refractivity contribution in [2.45, 2.75) is 31.8 Å². The minimum absolute atomic E-state index is 0.0378. The normalized spacial score (nSPS) is 23.2. The first-order valence-corrected chi connectivity index (χ1v) is 6.82. The van der Waals surface area contributed by atoms with Crippen LogP contribution in [0.4, 0.5) is 0 Å². The van der Waals surface area contributed by atoms with Crippen molar-refractivity contribution in [1.29, 1.82) is 0 Å². The van der Waals surface area contributed by atoms with Crippen molar-refractivity contribution in [2.75, 3.05) is 13.1 Å². The molecule has 104 valence electrons. The Labute approximate surface area is 114 Å². The van der Waals surface area contributed by atoms with Crippen LogP contribution in [0.15, 0.2) is 24.5 Å². The Balaban J connectivity index is 2.18. The van der Waals surface area contributed by atoms with Gasteiger partial charge in [0.2, 0.25) is 5.91 Å². The lowest BCUT2D eigenvalue weighted by molar-refractivity contribution is -0.121. The van der Waals surface area contributed by atoms with Crippen LogP contribution in [0.3, 0.4) is 0 Å². The molecule has 4 N–H and O–H groups in total. The highest BCUT2D eigenvalue weighted by Gasteiger charge is 2.34. The molecular weight excluding hydrogens is 240 g/mol. The fourth-order valence-corrected chi connectivity index (χ4v) is 2.78. The van der Waals surface area contributed by atoms with E-state index in [0.717, 1.165) is 24.9 Å². The van der Waals surface area contributed by atoms with Crippen LogP contribution < -0.4 is 11.5 Å². The van der Waals surface area contributed by atoms with Crippen molar-refractivity contribution in [3.8, 4) is 0 Å². The summed E-state index contributed by atoms with van der Waals surface area (Å²) >= 11 is 0. The third-order valence-corrected chi connectivity index (χ3v) is 3.92. The molecule has 3 unspecified atom stereocenters. The second kappa shape index (κ2) is 6.12. The number of nitrogens with zero attached hydrogens (tertiary/aromatic N) is 2. The highest BCUT2D eigenvalue weighted by molar-refractivity contribution is 5.77. The predicted octanol–water partition coefficient (Wildman–Crippen LogP) is 0.667. The van der Waals surface area contributed by atoms with Gasteiger partial charge >= 0.3 is 0 Å². The zero-order chi connectivity index (χ0) is 13.8. The molecule has 2 heterocycles. The first-order valence-electron chi connectivity index (χ1n) is 6.82. The molecule has 5 heteroatoms. The number of amides is 1. The summed E-state index contributed by atoms with van der Waals surface area (Å²) in [7, 11) is 0. The molecule has 0 saturated carbocycles. The molecule has 0 aromatic carbocycles. The third-order valence-electron chi connectivity index (χ3n) is 3.92. The van der Waals surface area contributed by atoms with E-state index in [2.05, 4.69) is 16.8 Å². The van der Waals surface area contributed by atoms with Gasteiger partial charge in [0.15, 0.2) is 0 Å². The molecular formula is C14H22N4O. The zero-order valence-electron chi connectivity index (χ0n) is 11.3. The summed E-state index contributed by atoms with van der Waals surface area (Å²) in [5, 5.41) is 0. The number of carbonyl (C=O) groups is 1. The van der Waals surface area contributed by atoms with Crippen LogP contribution >= 0.6 is 0 Å². The van der Waals surface area contributed by atoms with Crippen molar-refractivity contribution >= 4 is 5.91 Å². The Hall–Kier alpha value is -1.46. The minimum Gasteiger partial charge on any atom is -0.369 e. The number of likely N-dealkylation sites (tertiary alicyclic amines) is 1. The lowest BCUT2D eigenvalue weighted by Gasteiger charge is -2.32. The van der Waals surface area contributed by atoms with E-state index < -0.39 is 0 Å². The Morgan fingerprint density at radius 1 is 1.63 bits per heavy atom. The van der Waals surface area contributed by atoms with Crippen molar-refractivity contribution in [2.24, 2.45) is 17.4 Å². The summed E-state index contributed by atoms with van der Waals surface area (Å²) in [5.74, 6) is -0.263. The second-order valence-corrected chi connectivity index (χ2v) is 5.19. The molecule has 0 aliphatic carbocycles. The number of hydrogen-bond acceptors (Lipinski definition) is 4. The van der Waals surface area contributed by atoms with Crippen LogP contribution in [0.25, 0.3) is 0 Å². The van der Waals surface area contributed by atoms with Gasteiger partial charge in [-0.15, -0.1) is 0 Å². The molecule has 1 aliphatic rings. The first-order chi connectivity index (χ1) is 9.13. The van der Waals surface area contributed by atoms with Gasteiger partial charge in [0, 0.05) is 25.0 Å². The molecule has 0 radical (unpaired) electrons. The molecule has 1 aromatic heterocycles. The average Bonchev–Trinajstić information content (AvgIpc) is 2.89. The Bertz CT molecular complexity index is 423. The van der Waals surface area contributed by atoms with E-state index in [4.69, 9.17) is 11.5 Å². The number of rotatable bonds is 5. The summed E-state index contributed by atoms with van der Waals surface area (Å²) < 4.78 is 0. The number of aromatic nitrogens is 1. The maximum absolute atomic E-state index is 11.3. The molecule has 1 aliphatic heterocycles. The minimum atomic E-state index is -0.211. The van der Waals surface area contributed by atoms with E-state index in [0.29, 0.717) is 6.54 Å². The highest BCUT2D eigenvalue weighted by atomic mass is 16.1. The van der Waals surface area contributed by atoms with E-state index in [1.54, 1.807) is 6.20 Å². The Morgan fingerprint density at radius 3 is 2.95 bits per heavy atom. The lowest BCUT2D eigenvalue weighted by atomic mass is 9.98. The van der Waals surface area contributed by atoms with E-state index in [1.807, 2.05) is 18.3 Å². The van der Waals surface area contributed by atoms with Crippen molar-refractivity contribution in [1.82, 2.24) is 9.88 Å². The van der Waals surface area contributed by atoms with Gasteiger partial charge in [-0.2, -0.15) is 0 Å². The number of carbonyl (C=O) groups excluding carboxylic acids is 1. The van der Waals surface area contributed by atoms with Crippen LogP contribution in [0.2, 0.25) is 0 Å². The topological polar surface area (TPSA) is 85.2 Å². The largest absolute Gasteiger partial charge is 0.369 e. The molecule has 19 heavy (non-hydrogen) atoms. The molecule has 1 amide bonds. The molecule has 0 spiro atoms. The fraction of sp³-hybridized carbons (Fsp3) is 0.571. The SMILES string of the molecule is CCC(N)C(c1cccnc1)N1CCC(C(N)=O)C1. The summed E-state index contributed by atoms with van der Waals surface area (Å²) in [6, 6.07) is 4.12. The summed E-state index contributed by atoms with van der Waals surface area (Å²) in [6.07, 6.45) is 5.33. The van der Waals surface area contributed by atoms with Gasteiger partial charge in [0.25, 0.3) is 0 Å². The zero-order valence-corrected chi connectivity index (χ0v) is 11.3. The van der Waals surface area contributed by atoms with Crippen molar-refractivity contribution < 1.29 is 4.79 Å². The predicted molar refractivity (Wildman–Crippen MR) is 74.1 cm³/mol. The van der Waals surface area contributed by atoms with E-state index >= 15 is 0 Å². The lowest BCUT2D eigenvalue weighted by Crippen LogP contribution is -2.40. The van der Waals surface area contributed by atoms with Gasteiger partial charge in [-0.1, -0.05) is 13.0 Å². The quantitative estimate of drug-likeness (QED) is 0.816. The van der Waals surface area contributed by atoms with Gasteiger partial charge in [0.1, 0.15) is 0 Å². The van der Waals surface area contributed by atoms with Gasteiger partial charge in [-0.05, 0) is 31.0 Å². The molecule has 2 rings (SSSR count). The van der Waals surface area contributed by atoms with E-state index in [1.165, 1.54) is 0 Å². The summed E-state index contributed by atoms with van der Waals surface area (Å²) in [6.45, 7) is 3.64. The van der Waals surface area contributed by atoms with Gasteiger partial charge in [0.05, 0.1) is 12.0 Å². The standard InChI is InChI=1S/C14H22N4O/c1-2-12(15)13(10-4-3-6-17-8-10)18-7-5-11(9-18)14(16)19/h3-4,6,8,11-13H,2,5,7,9,15H2,1H3,(H2,16,19). The monoisotopic (exact) mass is 262 g/mol. The molecule has 1 aromatic rings. The van der Waals surface area contributed by atoms with Gasteiger partial charge in [-0.3, -0.25) is 14.7 Å². The number of hydrogen-bond donors (Lipinski definition) is 2. The van der Waals surface area contributed by atoms with Crippen LogP contribution in [-0.2, 0) is 4.79 Å². The first kappa shape index (κ1) is 14.0. The summed E-state index contributed by atoms with van der Waals surface area (Å²) in [4.78, 5) is 17.7. The molecule has 1 saturated heterocycles. The average molecular weight is 262 g/mol. The fourth-order valence-electron chi connectivity index (χ4n) is 2.78. The van der Waals surface area contributed by atoms with Crippen LogP contribution in [0.1, 0.15) is 31.4 Å².